The lowest BCUT2D eigenvalue weighted by atomic mass is 9.96. The maximum Gasteiger partial charge on any atom is 0.256 e. The van der Waals surface area contributed by atoms with Gasteiger partial charge in [-0.05, 0) is 19.8 Å². The molecular weight excluding hydrogens is 262 g/mol. The standard InChI is InChI=1S/C14H22ClN3O/c1-10-12(13(15)18(2)17-10)14(19)16-11-8-6-4-3-5-7-9-11/h11H,3-9H2,1-2H3,(H,16,19). The molecule has 19 heavy (non-hydrogen) atoms. The van der Waals surface area contributed by atoms with E-state index in [9.17, 15) is 4.79 Å². The molecule has 1 aliphatic rings. The van der Waals surface area contributed by atoms with Crippen molar-refractivity contribution < 1.29 is 4.79 Å². The highest BCUT2D eigenvalue weighted by Crippen LogP contribution is 2.21. The molecule has 0 spiro atoms. The second-order valence-corrected chi connectivity index (χ2v) is 5.75. The predicted molar refractivity (Wildman–Crippen MR) is 76.5 cm³/mol. The maximum absolute atomic E-state index is 12.3. The number of carbonyl (C=O) groups excluding carboxylic acids is 1. The van der Waals surface area contributed by atoms with Gasteiger partial charge in [-0.3, -0.25) is 9.48 Å². The molecule has 1 saturated carbocycles. The van der Waals surface area contributed by atoms with Gasteiger partial charge in [-0.2, -0.15) is 5.10 Å². The third-order valence-electron chi connectivity index (χ3n) is 3.82. The summed E-state index contributed by atoms with van der Waals surface area (Å²) in [7, 11) is 1.75. The Labute approximate surface area is 119 Å². The Morgan fingerprint density at radius 3 is 2.37 bits per heavy atom. The largest absolute Gasteiger partial charge is 0.349 e. The zero-order chi connectivity index (χ0) is 13.8. The van der Waals surface area contributed by atoms with Gasteiger partial charge in [-0.15, -0.1) is 0 Å². The monoisotopic (exact) mass is 283 g/mol. The first-order valence-corrected chi connectivity index (χ1v) is 7.47. The smallest absolute Gasteiger partial charge is 0.256 e. The fourth-order valence-corrected chi connectivity index (χ4v) is 3.01. The number of hydrogen-bond acceptors (Lipinski definition) is 2. The van der Waals surface area contributed by atoms with Crippen LogP contribution in [0.5, 0.6) is 0 Å². The minimum Gasteiger partial charge on any atom is -0.349 e. The Balaban J connectivity index is 2.03. The van der Waals surface area contributed by atoms with Crippen molar-refractivity contribution in [2.24, 2.45) is 7.05 Å². The topological polar surface area (TPSA) is 46.9 Å². The van der Waals surface area contributed by atoms with Crippen LogP contribution in [0.1, 0.15) is 61.0 Å². The number of halogens is 1. The number of nitrogens with zero attached hydrogens (tertiary/aromatic N) is 2. The molecule has 1 aromatic heterocycles. The van der Waals surface area contributed by atoms with Crippen molar-refractivity contribution >= 4 is 17.5 Å². The molecule has 106 valence electrons. The van der Waals surface area contributed by atoms with E-state index in [1.54, 1.807) is 11.7 Å². The van der Waals surface area contributed by atoms with E-state index in [4.69, 9.17) is 11.6 Å². The van der Waals surface area contributed by atoms with E-state index < -0.39 is 0 Å². The summed E-state index contributed by atoms with van der Waals surface area (Å²) >= 11 is 6.12. The molecule has 1 N–H and O–H groups in total. The van der Waals surface area contributed by atoms with Crippen LogP contribution in [0.3, 0.4) is 0 Å². The van der Waals surface area contributed by atoms with E-state index in [2.05, 4.69) is 10.4 Å². The molecule has 4 nitrogen and oxygen atoms in total. The Morgan fingerprint density at radius 2 is 1.84 bits per heavy atom. The van der Waals surface area contributed by atoms with Gasteiger partial charge in [-0.25, -0.2) is 0 Å². The summed E-state index contributed by atoms with van der Waals surface area (Å²) in [6, 6.07) is 0.281. The second-order valence-electron chi connectivity index (χ2n) is 5.39. The predicted octanol–water partition coefficient (Wildman–Crippen LogP) is 3.22. The molecule has 0 saturated heterocycles. The molecule has 0 aromatic carbocycles. The Hall–Kier alpha value is -1.03. The highest BCUT2D eigenvalue weighted by Gasteiger charge is 2.21. The average Bonchev–Trinajstić information content (AvgIpc) is 2.56. The van der Waals surface area contributed by atoms with Crippen LogP contribution >= 0.6 is 11.6 Å². The number of carbonyl (C=O) groups is 1. The molecular formula is C14H22ClN3O. The summed E-state index contributed by atoms with van der Waals surface area (Å²) in [5.41, 5.74) is 1.21. The Morgan fingerprint density at radius 1 is 1.26 bits per heavy atom. The summed E-state index contributed by atoms with van der Waals surface area (Å²) in [5, 5.41) is 7.72. The molecule has 1 aromatic rings. The van der Waals surface area contributed by atoms with Gasteiger partial charge in [0.1, 0.15) is 5.15 Å². The van der Waals surface area contributed by atoms with Gasteiger partial charge in [0.25, 0.3) is 5.91 Å². The molecule has 1 amide bonds. The van der Waals surface area contributed by atoms with Crippen LogP contribution < -0.4 is 5.32 Å². The van der Waals surface area contributed by atoms with Gasteiger partial charge in [0.2, 0.25) is 0 Å². The number of amides is 1. The van der Waals surface area contributed by atoms with Gasteiger partial charge in [0.15, 0.2) is 0 Å². The van der Waals surface area contributed by atoms with Crippen LogP contribution in [0.15, 0.2) is 0 Å². The van der Waals surface area contributed by atoms with E-state index in [1.165, 1.54) is 32.1 Å². The maximum atomic E-state index is 12.3. The molecule has 0 bridgehead atoms. The first-order valence-electron chi connectivity index (χ1n) is 7.09. The van der Waals surface area contributed by atoms with Crippen LogP contribution in [-0.4, -0.2) is 21.7 Å². The van der Waals surface area contributed by atoms with Crippen LogP contribution in [0.25, 0.3) is 0 Å². The van der Waals surface area contributed by atoms with Crippen LogP contribution in [0, 0.1) is 6.92 Å². The van der Waals surface area contributed by atoms with Gasteiger partial charge in [0, 0.05) is 13.1 Å². The number of aryl methyl sites for hydroxylation is 2. The van der Waals surface area contributed by atoms with Gasteiger partial charge < -0.3 is 5.32 Å². The van der Waals surface area contributed by atoms with Gasteiger partial charge >= 0.3 is 0 Å². The van der Waals surface area contributed by atoms with Crippen molar-refractivity contribution in [1.29, 1.82) is 0 Å². The third-order valence-corrected chi connectivity index (χ3v) is 4.25. The fraction of sp³-hybridized carbons (Fsp3) is 0.714. The molecule has 1 aliphatic carbocycles. The highest BCUT2D eigenvalue weighted by atomic mass is 35.5. The van der Waals surface area contributed by atoms with Crippen molar-refractivity contribution in [2.75, 3.05) is 0 Å². The molecule has 0 radical (unpaired) electrons. The number of rotatable bonds is 2. The molecule has 5 heteroatoms. The molecule has 2 rings (SSSR count). The first kappa shape index (κ1) is 14.4. The normalized spacial score (nSPS) is 17.8. The molecule has 0 atom stereocenters. The fourth-order valence-electron chi connectivity index (χ4n) is 2.75. The van der Waals surface area contributed by atoms with Crippen molar-refractivity contribution in [3.05, 3.63) is 16.4 Å². The van der Waals surface area contributed by atoms with E-state index in [0.717, 1.165) is 12.8 Å². The SMILES string of the molecule is Cc1nn(C)c(Cl)c1C(=O)NC1CCCCCCC1. The highest BCUT2D eigenvalue weighted by molar-refractivity contribution is 6.33. The van der Waals surface area contributed by atoms with E-state index in [0.29, 0.717) is 16.4 Å². The lowest BCUT2D eigenvalue weighted by Gasteiger charge is -2.21. The third kappa shape index (κ3) is 3.50. The van der Waals surface area contributed by atoms with Crippen molar-refractivity contribution in [3.63, 3.8) is 0 Å². The zero-order valence-electron chi connectivity index (χ0n) is 11.7. The number of aromatic nitrogens is 2. The zero-order valence-corrected chi connectivity index (χ0v) is 12.5. The quantitative estimate of drug-likeness (QED) is 0.906. The summed E-state index contributed by atoms with van der Waals surface area (Å²) in [5.74, 6) is -0.0822. The van der Waals surface area contributed by atoms with E-state index >= 15 is 0 Å². The summed E-state index contributed by atoms with van der Waals surface area (Å²) in [6.45, 7) is 1.82. The summed E-state index contributed by atoms with van der Waals surface area (Å²) in [4.78, 5) is 12.3. The van der Waals surface area contributed by atoms with Gasteiger partial charge in [-0.1, -0.05) is 43.7 Å². The van der Waals surface area contributed by atoms with Crippen molar-refractivity contribution in [1.82, 2.24) is 15.1 Å². The van der Waals surface area contributed by atoms with E-state index in [1.807, 2.05) is 6.92 Å². The lowest BCUT2D eigenvalue weighted by Crippen LogP contribution is -2.35. The Bertz CT molecular complexity index is 448. The molecule has 0 aliphatic heterocycles. The molecule has 1 fully saturated rings. The average molecular weight is 284 g/mol. The molecule has 1 heterocycles. The minimum atomic E-state index is -0.0822. The van der Waals surface area contributed by atoms with E-state index in [-0.39, 0.29) is 11.9 Å². The van der Waals surface area contributed by atoms with Crippen molar-refractivity contribution in [2.45, 2.75) is 57.9 Å². The van der Waals surface area contributed by atoms with Crippen LogP contribution in [0.2, 0.25) is 5.15 Å². The number of hydrogen-bond donors (Lipinski definition) is 1. The summed E-state index contributed by atoms with van der Waals surface area (Å²) < 4.78 is 1.55. The number of nitrogens with one attached hydrogen (secondary N) is 1. The van der Waals surface area contributed by atoms with Crippen molar-refractivity contribution in [3.8, 4) is 0 Å². The molecule has 0 unspecified atom stereocenters. The summed E-state index contributed by atoms with van der Waals surface area (Å²) in [6.07, 6.45) is 8.42. The first-order chi connectivity index (χ1) is 9.09. The lowest BCUT2D eigenvalue weighted by molar-refractivity contribution is 0.0930. The van der Waals surface area contributed by atoms with Crippen LogP contribution in [-0.2, 0) is 7.05 Å². The van der Waals surface area contributed by atoms with Gasteiger partial charge in [0.05, 0.1) is 11.3 Å². The Kier molecular flexibility index (Phi) is 4.86. The minimum absolute atomic E-state index is 0.0822. The van der Waals surface area contributed by atoms with Crippen LogP contribution in [0.4, 0.5) is 0 Å². The second kappa shape index (κ2) is 6.42.